The molecule has 15 rings (SSSR count). The Bertz CT molecular complexity index is 4130. The standard InChI is InChI=1S/C69H58B2N6O/c1-41-20-18-21-42(2)62(41)54-38-59-64-66(73-54)76(45-24-10-8-11-25-45)57-40-58-53(37-52(57)70(64)50-28-14-16-30-56(50)75(59)47-32-33-48-49(36-47)69(7,72)35-34-68(48,5)6)71-51-29-15-17-31-60(51)78-61-39-55(63-43(3)22-19-23-44(63)4)74-67(65(61)71)77(58)46-26-12-9-13-27-46/h8-33,36-40H,34-35,72H2,1-7H3. The van der Waals surface area contributed by atoms with Crippen LogP contribution in [0.15, 0.2) is 188 Å². The molecule has 2 N–H and O–H groups in total. The molecule has 0 bridgehead atoms. The van der Waals surface area contributed by atoms with Crippen molar-refractivity contribution in [2.45, 2.75) is 72.3 Å². The largest absolute Gasteiger partial charge is 0.458 e. The van der Waals surface area contributed by atoms with Crippen LogP contribution < -0.4 is 57.9 Å². The molecule has 5 aliphatic rings. The van der Waals surface area contributed by atoms with Gasteiger partial charge in [0.15, 0.2) is 0 Å². The molecule has 0 saturated carbocycles. The number of rotatable bonds is 5. The number of nitrogens with two attached hydrogens (primary N) is 1. The molecule has 4 aliphatic heterocycles. The molecular weight excluding hydrogens is 950 g/mol. The second-order valence-electron chi connectivity index (χ2n) is 23.3. The third kappa shape index (κ3) is 6.77. The van der Waals surface area contributed by atoms with E-state index in [1.54, 1.807) is 0 Å². The summed E-state index contributed by atoms with van der Waals surface area (Å²) in [5.74, 6) is 3.46. The topological polar surface area (TPSA) is 70.8 Å². The number of benzene rings is 8. The number of fused-ring (bicyclic) bond motifs is 9. The van der Waals surface area contributed by atoms with Gasteiger partial charge in [0, 0.05) is 68.0 Å². The molecule has 7 nitrogen and oxygen atoms in total. The Balaban J connectivity index is 1.06. The van der Waals surface area contributed by atoms with Crippen LogP contribution in [-0.4, -0.2) is 23.4 Å². The number of aryl methyl sites for hydroxylation is 4. The quantitative estimate of drug-likeness (QED) is 0.172. The summed E-state index contributed by atoms with van der Waals surface area (Å²) in [4.78, 5) is 19.1. The molecule has 0 radical (unpaired) electrons. The summed E-state index contributed by atoms with van der Waals surface area (Å²) in [5.41, 5.74) is 32.7. The van der Waals surface area contributed by atoms with Crippen LogP contribution in [0.3, 0.4) is 0 Å². The van der Waals surface area contributed by atoms with Gasteiger partial charge < -0.3 is 15.4 Å². The summed E-state index contributed by atoms with van der Waals surface area (Å²) in [6.45, 7) is 15.3. The van der Waals surface area contributed by atoms with Crippen molar-refractivity contribution < 1.29 is 4.74 Å². The van der Waals surface area contributed by atoms with Crippen molar-refractivity contribution in [3.63, 3.8) is 0 Å². The molecule has 1 unspecified atom stereocenters. The molecule has 0 saturated heterocycles. The first-order valence-corrected chi connectivity index (χ1v) is 27.6. The van der Waals surface area contributed by atoms with E-state index >= 15 is 0 Å². The Morgan fingerprint density at radius 3 is 1.59 bits per heavy atom. The van der Waals surface area contributed by atoms with Gasteiger partial charge in [-0.25, -0.2) is 9.97 Å². The molecule has 0 spiro atoms. The van der Waals surface area contributed by atoms with Crippen molar-refractivity contribution in [2.75, 3.05) is 14.7 Å². The van der Waals surface area contributed by atoms with Crippen LogP contribution in [0.5, 0.6) is 11.5 Å². The second kappa shape index (κ2) is 16.9. The van der Waals surface area contributed by atoms with E-state index in [2.05, 4.69) is 251 Å². The molecule has 9 heteroatoms. The highest BCUT2D eigenvalue weighted by Crippen LogP contribution is 2.51. The second-order valence-corrected chi connectivity index (χ2v) is 23.3. The molecule has 1 atom stereocenters. The fourth-order valence-corrected chi connectivity index (χ4v) is 14.1. The third-order valence-electron chi connectivity index (χ3n) is 17.9. The van der Waals surface area contributed by atoms with Crippen molar-refractivity contribution >= 4 is 97.6 Å². The Morgan fingerprint density at radius 1 is 0.423 bits per heavy atom. The van der Waals surface area contributed by atoms with Gasteiger partial charge in [0.25, 0.3) is 13.4 Å². The molecule has 78 heavy (non-hydrogen) atoms. The molecule has 8 aromatic carbocycles. The lowest BCUT2D eigenvalue weighted by molar-refractivity contribution is 0.319. The minimum absolute atomic E-state index is 0.00269. The first-order chi connectivity index (χ1) is 37.8. The SMILES string of the molecule is Cc1cccc(C)c1-c1cc2c3c(n1)N(c1ccccc1)c1cc4c(cc1B3c1ccccc1O2)B1c2ccccc2N(c2ccc3c(c2)C(C)(N)CCC3(C)C)c2cc(-c3c(C)cccc3C)nc(c21)N4c1ccccc1. The monoisotopic (exact) mass is 1010 g/mol. The summed E-state index contributed by atoms with van der Waals surface area (Å²) in [7, 11) is 0. The number of nitrogens with zero attached hydrogens (tertiary/aromatic N) is 5. The molecule has 0 fully saturated rings. The molecule has 0 amide bonds. The van der Waals surface area contributed by atoms with Crippen LogP contribution in [0.2, 0.25) is 0 Å². The lowest BCUT2D eigenvalue weighted by Crippen LogP contribution is -2.65. The zero-order valence-corrected chi connectivity index (χ0v) is 45.2. The summed E-state index contributed by atoms with van der Waals surface area (Å²) >= 11 is 0. The molecule has 6 heterocycles. The Morgan fingerprint density at radius 2 is 0.962 bits per heavy atom. The number of aromatic nitrogens is 2. The van der Waals surface area contributed by atoms with Gasteiger partial charge >= 0.3 is 0 Å². The normalized spacial score (nSPS) is 16.7. The Labute approximate surface area is 458 Å². The van der Waals surface area contributed by atoms with Crippen molar-refractivity contribution in [1.29, 1.82) is 0 Å². The summed E-state index contributed by atoms with van der Waals surface area (Å²) in [6.07, 6.45) is 1.95. The van der Waals surface area contributed by atoms with Gasteiger partial charge in [-0.15, -0.1) is 0 Å². The van der Waals surface area contributed by atoms with Gasteiger partial charge in [-0.1, -0.05) is 135 Å². The minimum Gasteiger partial charge on any atom is -0.458 e. The van der Waals surface area contributed by atoms with E-state index < -0.39 is 5.54 Å². The number of hydrogen-bond acceptors (Lipinski definition) is 7. The Kier molecular flexibility index (Phi) is 10.1. The van der Waals surface area contributed by atoms with Gasteiger partial charge in [0.1, 0.15) is 23.1 Å². The molecule has 376 valence electrons. The number of anilines is 9. The first kappa shape index (κ1) is 46.6. The van der Waals surface area contributed by atoms with Crippen molar-refractivity contribution in [1.82, 2.24) is 9.97 Å². The van der Waals surface area contributed by atoms with Gasteiger partial charge in [-0.2, -0.15) is 0 Å². The lowest BCUT2D eigenvalue weighted by atomic mass is 9.30. The summed E-state index contributed by atoms with van der Waals surface area (Å²) < 4.78 is 7.09. The van der Waals surface area contributed by atoms with Crippen LogP contribution in [0, 0.1) is 27.7 Å². The highest BCUT2D eigenvalue weighted by molar-refractivity contribution is 7.02. The van der Waals surface area contributed by atoms with Crippen LogP contribution in [0.4, 0.5) is 51.4 Å². The molecule has 2 aromatic heterocycles. The number of pyridine rings is 2. The lowest BCUT2D eigenvalue weighted by Gasteiger charge is -2.46. The average Bonchev–Trinajstić information content (AvgIpc) is 3.63. The highest BCUT2D eigenvalue weighted by atomic mass is 16.5. The van der Waals surface area contributed by atoms with Gasteiger partial charge in [-0.3, -0.25) is 9.80 Å². The van der Waals surface area contributed by atoms with E-state index in [-0.39, 0.29) is 18.8 Å². The fraction of sp³-hybridized carbons (Fsp3) is 0.159. The fourth-order valence-electron chi connectivity index (χ4n) is 14.1. The van der Waals surface area contributed by atoms with Gasteiger partial charge in [0.2, 0.25) is 0 Å². The average molecular weight is 1010 g/mol. The van der Waals surface area contributed by atoms with Crippen LogP contribution in [0.25, 0.3) is 22.5 Å². The van der Waals surface area contributed by atoms with E-state index in [0.717, 1.165) is 115 Å². The van der Waals surface area contributed by atoms with Crippen molar-refractivity contribution in [2.24, 2.45) is 5.73 Å². The van der Waals surface area contributed by atoms with E-state index in [1.807, 2.05) is 0 Å². The zero-order chi connectivity index (χ0) is 52.9. The van der Waals surface area contributed by atoms with Crippen LogP contribution in [-0.2, 0) is 11.0 Å². The highest BCUT2D eigenvalue weighted by Gasteiger charge is 2.49. The summed E-state index contributed by atoms with van der Waals surface area (Å²) in [6, 6.07) is 69.0. The summed E-state index contributed by atoms with van der Waals surface area (Å²) in [5, 5.41) is 0. The molecular formula is C69H58B2N6O. The predicted molar refractivity (Wildman–Crippen MR) is 326 cm³/mol. The van der Waals surface area contributed by atoms with E-state index in [9.17, 15) is 0 Å². The first-order valence-electron chi connectivity index (χ1n) is 27.6. The maximum atomic E-state index is 7.34. The number of ether oxygens (including phenoxy) is 1. The van der Waals surface area contributed by atoms with Gasteiger partial charge in [0.05, 0.1) is 11.4 Å². The molecule has 1 aliphatic carbocycles. The third-order valence-corrected chi connectivity index (χ3v) is 17.9. The zero-order valence-electron chi connectivity index (χ0n) is 45.2. The van der Waals surface area contributed by atoms with Crippen molar-refractivity contribution in [3.8, 4) is 34.0 Å². The Hall–Kier alpha value is -8.65. The van der Waals surface area contributed by atoms with Crippen molar-refractivity contribution in [3.05, 3.63) is 221 Å². The van der Waals surface area contributed by atoms with Gasteiger partial charge in [-0.05, 0) is 174 Å². The minimum atomic E-state index is -0.479. The number of para-hydroxylation sites is 4. The smallest absolute Gasteiger partial charge is 0.258 e. The van der Waals surface area contributed by atoms with E-state index in [4.69, 9.17) is 20.4 Å². The van der Waals surface area contributed by atoms with E-state index in [0.29, 0.717) is 0 Å². The van der Waals surface area contributed by atoms with Crippen LogP contribution in [0.1, 0.15) is 67.0 Å². The number of hydrogen-bond donors (Lipinski definition) is 1. The maximum absolute atomic E-state index is 7.34. The maximum Gasteiger partial charge on any atom is 0.258 e. The van der Waals surface area contributed by atoms with Crippen LogP contribution >= 0.6 is 0 Å². The molecule has 10 aromatic rings. The van der Waals surface area contributed by atoms with E-state index in [1.165, 1.54) is 49.8 Å². The predicted octanol–water partition coefficient (Wildman–Crippen LogP) is 12.8.